The molecule has 0 saturated carbocycles. The molecular formula is C17H13Cl2N3O3. The molecule has 0 aliphatic carbocycles. The number of ether oxygens (including phenoxy) is 1. The Morgan fingerprint density at radius 3 is 2.48 bits per heavy atom. The van der Waals surface area contributed by atoms with Gasteiger partial charge in [-0.1, -0.05) is 28.8 Å². The molecule has 0 fully saturated rings. The predicted molar refractivity (Wildman–Crippen MR) is 94.9 cm³/mol. The van der Waals surface area contributed by atoms with Gasteiger partial charge in [0, 0.05) is 10.6 Å². The van der Waals surface area contributed by atoms with Crippen molar-refractivity contribution in [1.82, 2.24) is 10.2 Å². The molecule has 3 rings (SSSR count). The van der Waals surface area contributed by atoms with Gasteiger partial charge < -0.3 is 9.15 Å². The second-order valence-corrected chi connectivity index (χ2v) is 5.74. The van der Waals surface area contributed by atoms with E-state index in [4.69, 9.17) is 32.4 Å². The number of anilines is 1. The van der Waals surface area contributed by atoms with Gasteiger partial charge in [-0.3, -0.25) is 10.1 Å². The Labute approximate surface area is 153 Å². The van der Waals surface area contributed by atoms with E-state index in [9.17, 15) is 4.79 Å². The largest absolute Gasteiger partial charge is 0.489 e. The molecule has 0 saturated heterocycles. The van der Waals surface area contributed by atoms with Crippen molar-refractivity contribution in [2.24, 2.45) is 0 Å². The van der Waals surface area contributed by atoms with Gasteiger partial charge in [-0.05, 0) is 42.0 Å². The maximum absolute atomic E-state index is 11.2. The van der Waals surface area contributed by atoms with Crippen LogP contribution in [-0.2, 0) is 11.4 Å². The summed E-state index contributed by atoms with van der Waals surface area (Å²) in [6.07, 6.45) is 0. The highest BCUT2D eigenvalue weighted by molar-refractivity contribution is 6.30. The number of hydrogen-bond acceptors (Lipinski definition) is 5. The van der Waals surface area contributed by atoms with Gasteiger partial charge in [-0.2, -0.15) is 0 Å². The van der Waals surface area contributed by atoms with Crippen molar-refractivity contribution < 1.29 is 13.9 Å². The number of carbonyl (C=O) groups is 1. The quantitative estimate of drug-likeness (QED) is 0.652. The molecule has 1 heterocycles. The standard InChI is InChI=1S/C17H13Cl2N3O3/c18-9-15(23)20-17-22-21-16(25-17)12-3-7-14(8-4-12)24-10-11-1-5-13(19)6-2-11/h1-8H,9-10H2,(H,20,22,23). The molecule has 0 radical (unpaired) electrons. The van der Waals surface area contributed by atoms with E-state index in [0.717, 1.165) is 5.56 Å². The van der Waals surface area contributed by atoms with Crippen LogP contribution in [0.2, 0.25) is 5.02 Å². The lowest BCUT2D eigenvalue weighted by atomic mass is 10.2. The van der Waals surface area contributed by atoms with E-state index in [1.165, 1.54) is 0 Å². The first-order chi connectivity index (χ1) is 12.1. The van der Waals surface area contributed by atoms with E-state index in [0.29, 0.717) is 22.9 Å². The Balaban J connectivity index is 1.62. The van der Waals surface area contributed by atoms with Gasteiger partial charge in [0.1, 0.15) is 18.2 Å². The summed E-state index contributed by atoms with van der Waals surface area (Å²) < 4.78 is 11.1. The van der Waals surface area contributed by atoms with Crippen LogP contribution in [0.3, 0.4) is 0 Å². The number of carbonyl (C=O) groups excluding carboxylic acids is 1. The fourth-order valence-corrected chi connectivity index (χ4v) is 2.18. The molecule has 1 N–H and O–H groups in total. The normalized spacial score (nSPS) is 10.5. The molecule has 128 valence electrons. The highest BCUT2D eigenvalue weighted by Gasteiger charge is 2.10. The first kappa shape index (κ1) is 17.3. The number of nitrogens with one attached hydrogen (secondary N) is 1. The van der Waals surface area contributed by atoms with Crippen molar-refractivity contribution in [2.75, 3.05) is 11.2 Å². The zero-order chi connectivity index (χ0) is 17.6. The summed E-state index contributed by atoms with van der Waals surface area (Å²) in [4.78, 5) is 11.2. The highest BCUT2D eigenvalue weighted by atomic mass is 35.5. The molecule has 6 nitrogen and oxygen atoms in total. The van der Waals surface area contributed by atoms with Gasteiger partial charge in [0.2, 0.25) is 11.8 Å². The Bertz CT molecular complexity index is 848. The van der Waals surface area contributed by atoms with E-state index in [1.54, 1.807) is 24.3 Å². The van der Waals surface area contributed by atoms with Crippen molar-refractivity contribution in [3.63, 3.8) is 0 Å². The molecule has 1 aromatic heterocycles. The highest BCUT2D eigenvalue weighted by Crippen LogP contribution is 2.23. The lowest BCUT2D eigenvalue weighted by molar-refractivity contribution is -0.114. The summed E-state index contributed by atoms with van der Waals surface area (Å²) in [5, 5.41) is 10.7. The fourth-order valence-electron chi connectivity index (χ4n) is 1.98. The molecule has 2 aromatic carbocycles. The van der Waals surface area contributed by atoms with E-state index in [-0.39, 0.29) is 17.8 Å². The number of hydrogen-bond donors (Lipinski definition) is 1. The van der Waals surface area contributed by atoms with Crippen molar-refractivity contribution in [3.8, 4) is 17.2 Å². The van der Waals surface area contributed by atoms with Crippen molar-refractivity contribution in [1.29, 1.82) is 0 Å². The average Bonchev–Trinajstić information content (AvgIpc) is 3.10. The summed E-state index contributed by atoms with van der Waals surface area (Å²) in [6, 6.07) is 14.6. The van der Waals surface area contributed by atoms with Crippen LogP contribution in [0.15, 0.2) is 52.9 Å². The zero-order valence-electron chi connectivity index (χ0n) is 12.9. The maximum Gasteiger partial charge on any atom is 0.322 e. The van der Waals surface area contributed by atoms with E-state index in [2.05, 4.69) is 15.5 Å². The zero-order valence-corrected chi connectivity index (χ0v) is 14.4. The molecule has 0 bridgehead atoms. The van der Waals surface area contributed by atoms with Crippen LogP contribution in [0.5, 0.6) is 5.75 Å². The molecule has 0 aliphatic heterocycles. The molecule has 0 aliphatic rings. The Morgan fingerprint density at radius 1 is 1.08 bits per heavy atom. The van der Waals surface area contributed by atoms with Gasteiger partial charge in [-0.25, -0.2) is 0 Å². The SMILES string of the molecule is O=C(CCl)Nc1nnc(-c2ccc(OCc3ccc(Cl)cc3)cc2)o1. The number of benzene rings is 2. The molecule has 0 unspecified atom stereocenters. The minimum absolute atomic E-state index is 0.00344. The number of rotatable bonds is 6. The topological polar surface area (TPSA) is 77.2 Å². The minimum atomic E-state index is -0.414. The minimum Gasteiger partial charge on any atom is -0.489 e. The first-order valence-corrected chi connectivity index (χ1v) is 8.22. The van der Waals surface area contributed by atoms with Crippen LogP contribution in [0.1, 0.15) is 5.56 Å². The number of alkyl halides is 1. The summed E-state index contributed by atoms with van der Waals surface area (Å²) in [6.45, 7) is 0.436. The molecule has 0 spiro atoms. The van der Waals surface area contributed by atoms with Gasteiger partial charge in [0.25, 0.3) is 0 Å². The third-order valence-corrected chi connectivity index (χ3v) is 3.71. The Kier molecular flexibility index (Phi) is 5.53. The van der Waals surface area contributed by atoms with Crippen LogP contribution in [0.4, 0.5) is 6.01 Å². The van der Waals surface area contributed by atoms with Crippen LogP contribution < -0.4 is 10.1 Å². The van der Waals surface area contributed by atoms with Crippen molar-refractivity contribution >= 4 is 35.1 Å². The van der Waals surface area contributed by atoms with Gasteiger partial charge in [0.05, 0.1) is 0 Å². The molecule has 8 heteroatoms. The van der Waals surface area contributed by atoms with Gasteiger partial charge in [0.15, 0.2) is 0 Å². The molecule has 25 heavy (non-hydrogen) atoms. The van der Waals surface area contributed by atoms with Gasteiger partial charge in [-0.15, -0.1) is 16.7 Å². The van der Waals surface area contributed by atoms with Crippen LogP contribution in [0.25, 0.3) is 11.5 Å². The molecule has 3 aromatic rings. The Morgan fingerprint density at radius 2 is 1.80 bits per heavy atom. The summed E-state index contributed by atoms with van der Waals surface area (Å²) in [5.74, 6) is 0.392. The smallest absolute Gasteiger partial charge is 0.322 e. The number of halogens is 2. The number of amides is 1. The van der Waals surface area contributed by atoms with Crippen LogP contribution in [0, 0.1) is 0 Å². The fraction of sp³-hybridized carbons (Fsp3) is 0.118. The van der Waals surface area contributed by atoms with Gasteiger partial charge >= 0.3 is 6.01 Å². The average molecular weight is 378 g/mol. The Hall–Kier alpha value is -2.57. The van der Waals surface area contributed by atoms with E-state index >= 15 is 0 Å². The maximum atomic E-state index is 11.2. The summed E-state index contributed by atoms with van der Waals surface area (Å²) in [7, 11) is 0. The van der Waals surface area contributed by atoms with Crippen molar-refractivity contribution in [3.05, 3.63) is 59.1 Å². The van der Waals surface area contributed by atoms with E-state index < -0.39 is 5.91 Å². The summed E-state index contributed by atoms with van der Waals surface area (Å²) in [5.41, 5.74) is 1.72. The second-order valence-electron chi connectivity index (χ2n) is 5.03. The number of nitrogens with zero attached hydrogens (tertiary/aromatic N) is 2. The summed E-state index contributed by atoms with van der Waals surface area (Å²) >= 11 is 11.3. The molecule has 0 atom stereocenters. The lowest BCUT2D eigenvalue weighted by Gasteiger charge is -2.06. The number of aromatic nitrogens is 2. The lowest BCUT2D eigenvalue weighted by Crippen LogP contribution is -2.12. The van der Waals surface area contributed by atoms with Crippen molar-refractivity contribution in [2.45, 2.75) is 6.61 Å². The molecular weight excluding hydrogens is 365 g/mol. The van der Waals surface area contributed by atoms with Crippen LogP contribution in [-0.4, -0.2) is 22.0 Å². The van der Waals surface area contributed by atoms with Crippen LogP contribution >= 0.6 is 23.2 Å². The molecule has 1 amide bonds. The monoisotopic (exact) mass is 377 g/mol. The third kappa shape index (κ3) is 4.71. The second kappa shape index (κ2) is 8.00. The predicted octanol–water partition coefficient (Wildman–Crippen LogP) is 4.15. The first-order valence-electron chi connectivity index (χ1n) is 7.31. The van der Waals surface area contributed by atoms with E-state index in [1.807, 2.05) is 24.3 Å². The third-order valence-electron chi connectivity index (χ3n) is 3.21.